The molecule has 1 saturated heterocycles. The number of carbonyl (C=O) groups is 2. The van der Waals surface area contributed by atoms with Gasteiger partial charge < -0.3 is 9.80 Å². The third-order valence-electron chi connectivity index (χ3n) is 4.64. The van der Waals surface area contributed by atoms with E-state index in [4.69, 9.17) is 0 Å². The third kappa shape index (κ3) is 4.65. The van der Waals surface area contributed by atoms with E-state index in [2.05, 4.69) is 20.6 Å². The second kappa shape index (κ2) is 8.55. The molecular weight excluding hydrogens is 332 g/mol. The fourth-order valence-electron chi connectivity index (χ4n) is 3.15. The predicted octanol–water partition coefficient (Wildman–Crippen LogP) is 1.62. The minimum atomic E-state index is 0.0343. The molecule has 0 radical (unpaired) electrons. The van der Waals surface area contributed by atoms with E-state index < -0.39 is 0 Å². The highest BCUT2D eigenvalue weighted by Crippen LogP contribution is 2.16. The second-order valence-corrected chi connectivity index (χ2v) is 6.63. The smallest absolute Gasteiger partial charge is 0.224 e. The van der Waals surface area contributed by atoms with Crippen LogP contribution >= 0.6 is 0 Å². The van der Waals surface area contributed by atoms with Gasteiger partial charge in [0.2, 0.25) is 17.6 Å². The largest absolute Gasteiger partial charge is 0.342 e. The van der Waals surface area contributed by atoms with Crippen molar-refractivity contribution in [3.05, 3.63) is 29.8 Å². The van der Waals surface area contributed by atoms with Gasteiger partial charge in [-0.3, -0.25) is 9.59 Å². The lowest BCUT2D eigenvalue weighted by Crippen LogP contribution is -2.35. The van der Waals surface area contributed by atoms with Crippen LogP contribution in [0.1, 0.15) is 37.7 Å². The lowest BCUT2D eigenvalue weighted by atomic mass is 10.1. The number of aromatic amines is 1. The Morgan fingerprint density at radius 2 is 2.19 bits per heavy atom. The maximum absolute atomic E-state index is 12.4. The molecule has 1 N–H and O–H groups in total. The zero-order valence-corrected chi connectivity index (χ0v) is 15.0. The Balaban J connectivity index is 1.54. The number of rotatable bonds is 6. The van der Waals surface area contributed by atoms with Crippen LogP contribution in [0.5, 0.6) is 0 Å². The predicted molar refractivity (Wildman–Crippen MR) is 95.8 cm³/mol. The number of nitrogens with one attached hydrogen (secondary N) is 1. The number of amides is 2. The van der Waals surface area contributed by atoms with Gasteiger partial charge in [0.25, 0.3) is 0 Å². The van der Waals surface area contributed by atoms with Crippen molar-refractivity contribution in [3.8, 4) is 11.4 Å². The molecule has 2 aromatic rings. The maximum Gasteiger partial charge on any atom is 0.224 e. The lowest BCUT2D eigenvalue weighted by Gasteiger charge is -2.22. The number of nitrogens with zero attached hydrogens (tertiary/aromatic N) is 5. The number of hydrogen-bond acceptors (Lipinski definition) is 5. The Bertz CT molecular complexity index is 746. The van der Waals surface area contributed by atoms with Gasteiger partial charge in [0.15, 0.2) is 0 Å². The Kier molecular flexibility index (Phi) is 5.93. The maximum atomic E-state index is 12.4. The number of carbonyl (C=O) groups excluding carboxylic acids is 2. The number of tetrazole rings is 1. The molecule has 1 aliphatic rings. The van der Waals surface area contributed by atoms with Crippen molar-refractivity contribution >= 4 is 11.8 Å². The van der Waals surface area contributed by atoms with E-state index in [0.717, 1.165) is 36.9 Å². The first kappa shape index (κ1) is 18.0. The molecule has 2 heterocycles. The number of likely N-dealkylation sites (tertiary alicyclic amines) is 1. The molecule has 3 rings (SSSR count). The normalized spacial score (nSPS) is 15.0. The summed E-state index contributed by atoms with van der Waals surface area (Å²) in [6, 6.07) is 7.73. The van der Waals surface area contributed by atoms with Crippen LogP contribution in [-0.4, -0.2) is 62.4 Å². The van der Waals surface area contributed by atoms with Crippen LogP contribution in [0.15, 0.2) is 24.3 Å². The van der Waals surface area contributed by atoms with E-state index in [0.29, 0.717) is 31.8 Å². The van der Waals surface area contributed by atoms with E-state index in [1.807, 2.05) is 29.2 Å². The molecule has 0 saturated carbocycles. The molecule has 0 spiro atoms. The van der Waals surface area contributed by atoms with Gasteiger partial charge in [-0.05, 0) is 29.7 Å². The summed E-state index contributed by atoms with van der Waals surface area (Å²) < 4.78 is 0. The average molecular weight is 356 g/mol. The lowest BCUT2D eigenvalue weighted by molar-refractivity contribution is -0.133. The number of hydrogen-bond donors (Lipinski definition) is 1. The molecule has 1 fully saturated rings. The Labute approximate surface area is 152 Å². The minimum absolute atomic E-state index is 0.0343. The highest BCUT2D eigenvalue weighted by molar-refractivity contribution is 5.79. The van der Waals surface area contributed by atoms with Crippen LogP contribution < -0.4 is 0 Å². The minimum Gasteiger partial charge on any atom is -0.342 e. The summed E-state index contributed by atoms with van der Waals surface area (Å²) in [7, 11) is 1.79. The molecule has 1 aliphatic heterocycles. The first-order valence-corrected chi connectivity index (χ1v) is 8.98. The molecule has 0 unspecified atom stereocenters. The van der Waals surface area contributed by atoms with Crippen LogP contribution in [0.3, 0.4) is 0 Å². The average Bonchev–Trinajstić information content (AvgIpc) is 3.10. The van der Waals surface area contributed by atoms with Gasteiger partial charge in [-0.15, -0.1) is 10.2 Å². The number of aromatic nitrogens is 4. The van der Waals surface area contributed by atoms with Crippen molar-refractivity contribution in [3.63, 3.8) is 0 Å². The van der Waals surface area contributed by atoms with Crippen molar-refractivity contribution in [2.45, 2.75) is 38.6 Å². The molecule has 2 amide bonds. The number of H-pyrrole nitrogens is 1. The van der Waals surface area contributed by atoms with Crippen molar-refractivity contribution in [1.29, 1.82) is 0 Å². The van der Waals surface area contributed by atoms with E-state index in [1.165, 1.54) is 0 Å². The molecule has 0 atom stereocenters. The van der Waals surface area contributed by atoms with E-state index in [1.54, 1.807) is 11.9 Å². The summed E-state index contributed by atoms with van der Waals surface area (Å²) in [6.45, 7) is 1.77. The molecule has 1 aromatic carbocycles. The summed E-state index contributed by atoms with van der Waals surface area (Å²) >= 11 is 0. The summed E-state index contributed by atoms with van der Waals surface area (Å²) in [5.74, 6) is 0.735. The Morgan fingerprint density at radius 3 is 3.00 bits per heavy atom. The molecule has 1 aromatic heterocycles. The van der Waals surface area contributed by atoms with Gasteiger partial charge >= 0.3 is 0 Å². The van der Waals surface area contributed by atoms with Gasteiger partial charge in [0.1, 0.15) is 0 Å². The Hall–Kier alpha value is -2.77. The van der Waals surface area contributed by atoms with Crippen molar-refractivity contribution < 1.29 is 9.59 Å². The summed E-state index contributed by atoms with van der Waals surface area (Å²) in [4.78, 5) is 28.0. The quantitative estimate of drug-likeness (QED) is 0.848. The van der Waals surface area contributed by atoms with Crippen LogP contribution in [0.4, 0.5) is 0 Å². The van der Waals surface area contributed by atoms with Crippen LogP contribution in [-0.2, 0) is 16.1 Å². The SMILES string of the molecule is CN(Cc1cccc(-c2nn[nH]n2)c1)C(=O)CCN1CCCCCC1=O. The fraction of sp³-hybridized carbons (Fsp3) is 0.500. The first-order chi connectivity index (χ1) is 12.6. The zero-order valence-electron chi connectivity index (χ0n) is 15.0. The van der Waals surface area contributed by atoms with Gasteiger partial charge in [0, 0.05) is 45.1 Å². The molecule has 0 bridgehead atoms. The topological polar surface area (TPSA) is 95.1 Å². The molecule has 26 heavy (non-hydrogen) atoms. The van der Waals surface area contributed by atoms with E-state index in [-0.39, 0.29) is 11.8 Å². The highest BCUT2D eigenvalue weighted by atomic mass is 16.2. The molecule has 138 valence electrons. The van der Waals surface area contributed by atoms with Gasteiger partial charge in [0.05, 0.1) is 0 Å². The fourth-order valence-corrected chi connectivity index (χ4v) is 3.15. The second-order valence-electron chi connectivity index (χ2n) is 6.63. The molecule has 8 nitrogen and oxygen atoms in total. The summed E-state index contributed by atoms with van der Waals surface area (Å²) in [5, 5.41) is 13.9. The van der Waals surface area contributed by atoms with E-state index >= 15 is 0 Å². The molecular formula is C18H24N6O2. The van der Waals surface area contributed by atoms with E-state index in [9.17, 15) is 9.59 Å². The van der Waals surface area contributed by atoms with Crippen molar-refractivity contribution in [2.75, 3.05) is 20.1 Å². The molecule has 8 heteroatoms. The third-order valence-corrected chi connectivity index (χ3v) is 4.64. The summed E-state index contributed by atoms with van der Waals surface area (Å²) in [6.07, 6.45) is 4.03. The zero-order chi connectivity index (χ0) is 18.4. The molecule has 0 aliphatic carbocycles. The van der Waals surface area contributed by atoms with Gasteiger partial charge in [-0.2, -0.15) is 5.21 Å². The standard InChI is InChI=1S/C18H24N6O2/c1-23(16(25)9-11-24-10-4-2-3-8-17(24)26)13-14-6-5-7-15(12-14)18-19-21-22-20-18/h5-7,12H,2-4,8-11,13H2,1H3,(H,19,20,21,22). The summed E-state index contributed by atoms with van der Waals surface area (Å²) in [5.41, 5.74) is 1.85. The van der Waals surface area contributed by atoms with Crippen molar-refractivity contribution in [2.24, 2.45) is 0 Å². The number of benzene rings is 1. The van der Waals surface area contributed by atoms with Crippen LogP contribution in [0.25, 0.3) is 11.4 Å². The van der Waals surface area contributed by atoms with Crippen LogP contribution in [0.2, 0.25) is 0 Å². The van der Waals surface area contributed by atoms with Gasteiger partial charge in [-0.1, -0.05) is 24.6 Å². The highest BCUT2D eigenvalue weighted by Gasteiger charge is 2.18. The van der Waals surface area contributed by atoms with Gasteiger partial charge in [-0.25, -0.2) is 0 Å². The van der Waals surface area contributed by atoms with Crippen LogP contribution in [0, 0.1) is 0 Å². The monoisotopic (exact) mass is 356 g/mol. The van der Waals surface area contributed by atoms with Crippen molar-refractivity contribution in [1.82, 2.24) is 30.4 Å². The Morgan fingerprint density at radius 1 is 1.31 bits per heavy atom. The first-order valence-electron chi connectivity index (χ1n) is 8.98.